The van der Waals surface area contributed by atoms with Gasteiger partial charge in [0.2, 0.25) is 0 Å². The zero-order valence-corrected chi connectivity index (χ0v) is 16.0. The van der Waals surface area contributed by atoms with Gasteiger partial charge in [-0.05, 0) is 74.5 Å². The molecular formula is C21H33FO4. The van der Waals surface area contributed by atoms with Gasteiger partial charge in [0, 0.05) is 11.3 Å². The first-order valence-corrected chi connectivity index (χ1v) is 10.4. The third-order valence-electron chi connectivity index (χ3n) is 9.25. The highest BCUT2D eigenvalue weighted by atomic mass is 19.1. The van der Waals surface area contributed by atoms with E-state index in [4.69, 9.17) is 0 Å². The Labute approximate surface area is 155 Å². The Hall–Kier alpha value is -0.520. The number of halogens is 1. The molecule has 4 nitrogen and oxygen atoms in total. The summed E-state index contributed by atoms with van der Waals surface area (Å²) in [6.45, 7) is 3.56. The molecule has 26 heavy (non-hydrogen) atoms. The second-order valence-corrected chi connectivity index (χ2v) is 10.1. The van der Waals surface area contributed by atoms with Crippen LogP contribution in [0.1, 0.15) is 65.2 Å². The SMILES string of the molecule is C[C@]12C[C@@H](O)[C@@]3(F)[C@@H](CC[C@H]4C[C@@H](O)CC[C@@]43C)[C@@H]1CC[C@@H]2C(=O)CO. The van der Waals surface area contributed by atoms with Gasteiger partial charge in [0.1, 0.15) is 12.3 Å². The van der Waals surface area contributed by atoms with Crippen molar-refractivity contribution in [2.24, 2.45) is 34.5 Å². The van der Waals surface area contributed by atoms with E-state index in [1.54, 1.807) is 0 Å². The molecule has 0 heterocycles. The molecular weight excluding hydrogens is 335 g/mol. The summed E-state index contributed by atoms with van der Waals surface area (Å²) in [4.78, 5) is 12.3. The fraction of sp³-hybridized carbons (Fsp3) is 0.952. The molecule has 148 valence electrons. The smallest absolute Gasteiger partial charge is 0.161 e. The predicted octanol–water partition coefficient (Wildman–Crippen LogP) is 2.63. The minimum atomic E-state index is -1.64. The van der Waals surface area contributed by atoms with Crippen LogP contribution in [0.4, 0.5) is 4.39 Å². The minimum absolute atomic E-state index is 0.0843. The molecule has 0 unspecified atom stereocenters. The van der Waals surface area contributed by atoms with Gasteiger partial charge in [-0.1, -0.05) is 13.8 Å². The van der Waals surface area contributed by atoms with Crippen LogP contribution >= 0.6 is 0 Å². The van der Waals surface area contributed by atoms with E-state index >= 15 is 4.39 Å². The van der Waals surface area contributed by atoms with E-state index in [2.05, 4.69) is 0 Å². The molecule has 0 spiro atoms. The van der Waals surface area contributed by atoms with Crippen molar-refractivity contribution in [3.8, 4) is 0 Å². The highest BCUT2D eigenvalue weighted by Gasteiger charge is 2.71. The molecule has 0 aliphatic heterocycles. The Morgan fingerprint density at radius 3 is 2.46 bits per heavy atom. The monoisotopic (exact) mass is 368 g/mol. The third kappa shape index (κ3) is 2.20. The van der Waals surface area contributed by atoms with Gasteiger partial charge < -0.3 is 15.3 Å². The van der Waals surface area contributed by atoms with Gasteiger partial charge in [0.25, 0.3) is 0 Å². The predicted molar refractivity (Wildman–Crippen MR) is 95.1 cm³/mol. The number of Topliss-reactive ketones (excluding diaryl/α,β-unsaturated/α-hetero) is 1. The Morgan fingerprint density at radius 2 is 1.77 bits per heavy atom. The summed E-state index contributed by atoms with van der Waals surface area (Å²) in [5.74, 6) is -0.460. The first kappa shape index (κ1) is 18.8. The zero-order chi connectivity index (χ0) is 18.9. The van der Waals surface area contributed by atoms with Crippen molar-refractivity contribution in [2.45, 2.75) is 83.1 Å². The van der Waals surface area contributed by atoms with Crippen LogP contribution in [0, 0.1) is 34.5 Å². The Bertz CT molecular complexity index is 597. The van der Waals surface area contributed by atoms with Crippen LogP contribution < -0.4 is 0 Å². The molecule has 0 aromatic carbocycles. The van der Waals surface area contributed by atoms with E-state index in [1.807, 2.05) is 13.8 Å². The van der Waals surface area contributed by atoms with Crippen LogP contribution in [0.2, 0.25) is 0 Å². The van der Waals surface area contributed by atoms with Crippen LogP contribution in [-0.2, 0) is 4.79 Å². The van der Waals surface area contributed by atoms with Crippen LogP contribution in [0.3, 0.4) is 0 Å². The first-order valence-electron chi connectivity index (χ1n) is 10.4. The van der Waals surface area contributed by atoms with Crippen LogP contribution in [0.25, 0.3) is 0 Å². The van der Waals surface area contributed by atoms with Crippen molar-refractivity contribution < 1.29 is 24.5 Å². The molecule has 0 aromatic heterocycles. The zero-order valence-electron chi connectivity index (χ0n) is 16.0. The van der Waals surface area contributed by atoms with Crippen molar-refractivity contribution in [2.75, 3.05) is 6.61 Å². The lowest BCUT2D eigenvalue weighted by atomic mass is 9.42. The van der Waals surface area contributed by atoms with E-state index in [1.165, 1.54) is 0 Å². The third-order valence-corrected chi connectivity index (χ3v) is 9.25. The highest BCUT2D eigenvalue weighted by Crippen LogP contribution is 2.70. The number of carbonyl (C=O) groups excluding carboxylic acids is 1. The summed E-state index contributed by atoms with van der Waals surface area (Å²) >= 11 is 0. The number of fused-ring (bicyclic) bond motifs is 5. The molecule has 0 amide bonds. The average molecular weight is 368 g/mol. The summed E-state index contributed by atoms with van der Waals surface area (Å²) < 4.78 is 16.8. The van der Waals surface area contributed by atoms with Crippen LogP contribution in [-0.4, -0.2) is 45.6 Å². The van der Waals surface area contributed by atoms with Gasteiger partial charge in [-0.2, -0.15) is 0 Å². The lowest BCUT2D eigenvalue weighted by Crippen LogP contribution is -2.69. The summed E-state index contributed by atoms with van der Waals surface area (Å²) in [5.41, 5.74) is -2.66. The maximum atomic E-state index is 16.8. The van der Waals surface area contributed by atoms with Gasteiger partial charge in [-0.15, -0.1) is 0 Å². The maximum Gasteiger partial charge on any atom is 0.161 e. The summed E-state index contributed by atoms with van der Waals surface area (Å²) in [7, 11) is 0. The van der Waals surface area contributed by atoms with E-state index in [0.717, 1.165) is 19.3 Å². The number of aliphatic hydroxyl groups is 3. The summed E-state index contributed by atoms with van der Waals surface area (Å²) in [6, 6.07) is 0. The topological polar surface area (TPSA) is 77.8 Å². The molecule has 0 aromatic rings. The molecule has 3 N–H and O–H groups in total. The summed E-state index contributed by atoms with van der Waals surface area (Å²) in [5, 5.41) is 30.5. The van der Waals surface area contributed by atoms with Gasteiger partial charge in [0.15, 0.2) is 5.78 Å². The quantitative estimate of drug-likeness (QED) is 0.700. The number of carbonyl (C=O) groups is 1. The first-order chi connectivity index (χ1) is 12.2. The molecule has 5 heteroatoms. The molecule has 4 fully saturated rings. The van der Waals surface area contributed by atoms with Gasteiger partial charge in [-0.25, -0.2) is 4.39 Å². The number of hydrogen-bond acceptors (Lipinski definition) is 4. The minimum Gasteiger partial charge on any atom is -0.393 e. The normalized spacial score (nSPS) is 56.4. The fourth-order valence-corrected chi connectivity index (χ4v) is 7.88. The van der Waals surface area contributed by atoms with E-state index < -0.39 is 29.2 Å². The van der Waals surface area contributed by atoms with Gasteiger partial charge >= 0.3 is 0 Å². The molecule has 4 aliphatic carbocycles. The summed E-state index contributed by atoms with van der Waals surface area (Å²) in [6.07, 6.45) is 3.83. The lowest BCUT2D eigenvalue weighted by Gasteiger charge is -2.65. The molecule has 0 bridgehead atoms. The van der Waals surface area contributed by atoms with Crippen molar-refractivity contribution in [1.82, 2.24) is 0 Å². The van der Waals surface area contributed by atoms with Gasteiger partial charge in [-0.3, -0.25) is 4.79 Å². The van der Waals surface area contributed by atoms with Crippen LogP contribution in [0.15, 0.2) is 0 Å². The Kier molecular flexibility index (Phi) is 4.33. The largest absolute Gasteiger partial charge is 0.393 e. The number of aliphatic hydroxyl groups excluding tert-OH is 3. The van der Waals surface area contributed by atoms with Gasteiger partial charge in [0.05, 0.1) is 12.2 Å². The highest BCUT2D eigenvalue weighted by molar-refractivity contribution is 5.83. The standard InChI is InChI=1S/C21H33FO4/c1-19-10-18(26)21(22)15(14(19)5-6-16(19)17(25)11-23)4-3-12-9-13(24)7-8-20(12,21)2/h12-16,18,23-24,26H,3-11H2,1-2H3/t12-,13-,14-,15-,16+,18+,19-,20-,21-/m0/s1. The van der Waals surface area contributed by atoms with Crippen molar-refractivity contribution >= 4 is 5.78 Å². The van der Waals surface area contributed by atoms with Crippen molar-refractivity contribution in [3.05, 3.63) is 0 Å². The Balaban J connectivity index is 1.72. The molecule has 0 saturated heterocycles. The average Bonchev–Trinajstić information content (AvgIpc) is 2.93. The van der Waals surface area contributed by atoms with E-state index in [-0.39, 0.29) is 35.6 Å². The second kappa shape index (κ2) is 5.99. The molecule has 9 atom stereocenters. The number of rotatable bonds is 2. The van der Waals surface area contributed by atoms with E-state index in [0.29, 0.717) is 32.1 Å². The molecule has 4 saturated carbocycles. The lowest BCUT2D eigenvalue weighted by molar-refractivity contribution is -0.249. The number of ketones is 1. The fourth-order valence-electron chi connectivity index (χ4n) is 7.88. The Morgan fingerprint density at radius 1 is 1.08 bits per heavy atom. The second-order valence-electron chi connectivity index (χ2n) is 10.1. The number of hydrogen-bond donors (Lipinski definition) is 3. The van der Waals surface area contributed by atoms with E-state index in [9.17, 15) is 20.1 Å². The van der Waals surface area contributed by atoms with Crippen molar-refractivity contribution in [3.63, 3.8) is 0 Å². The van der Waals surface area contributed by atoms with Crippen LogP contribution in [0.5, 0.6) is 0 Å². The molecule has 0 radical (unpaired) electrons. The number of alkyl halides is 1. The molecule has 4 rings (SSSR count). The molecule has 4 aliphatic rings. The maximum absolute atomic E-state index is 16.8. The van der Waals surface area contributed by atoms with Crippen molar-refractivity contribution in [1.29, 1.82) is 0 Å².